The number of hydrogen-bond donors (Lipinski definition) is 2. The van der Waals surface area contributed by atoms with Gasteiger partial charge in [0, 0.05) is 42.2 Å². The number of rotatable bonds is 20. The second-order valence-electron chi connectivity index (χ2n) is 16.0. The van der Waals surface area contributed by atoms with Crippen LogP contribution in [0.25, 0.3) is 68.0 Å². The van der Waals surface area contributed by atoms with Crippen LogP contribution < -0.4 is 26.1 Å². The molecule has 62 heavy (non-hydrogen) atoms. The highest BCUT2D eigenvalue weighted by Crippen LogP contribution is 2.58. The summed E-state index contributed by atoms with van der Waals surface area (Å²) in [5, 5.41) is 1.91. The number of aromatic amines is 2. The lowest BCUT2D eigenvalue weighted by molar-refractivity contribution is 0.545. The first-order chi connectivity index (χ1) is 30.1. The minimum absolute atomic E-state index is 0.280. The molecule has 0 unspecified atom stereocenters. The van der Waals surface area contributed by atoms with Gasteiger partial charge in [-0.25, -0.2) is 0 Å². The van der Waals surface area contributed by atoms with Gasteiger partial charge in [0.15, 0.2) is 0 Å². The molecule has 7 aromatic rings. The minimum atomic E-state index is -0.420. The number of halogens is 2. The van der Waals surface area contributed by atoms with Crippen LogP contribution >= 0.6 is 102 Å². The van der Waals surface area contributed by atoms with Gasteiger partial charge in [0.2, 0.25) is 0 Å². The Kier molecular flexibility index (Phi) is 15.6. The van der Waals surface area contributed by atoms with Crippen molar-refractivity contribution in [2.45, 2.75) is 131 Å². The second-order valence-corrected chi connectivity index (χ2v) is 25.0. The lowest BCUT2D eigenvalue weighted by atomic mass is 9.94. The van der Waals surface area contributed by atoms with E-state index >= 15 is 0 Å². The Bertz CT molecular complexity index is 2970. The lowest BCUT2D eigenvalue weighted by Crippen LogP contribution is -2.36. The predicted octanol–water partition coefficient (Wildman–Crippen LogP) is 14.4. The summed E-state index contributed by atoms with van der Waals surface area (Å²) in [6.45, 7) is 9.38. The monoisotopic (exact) mass is 1070 g/mol. The largest absolute Gasteiger partial charge is 0.351 e. The van der Waals surface area contributed by atoms with Crippen molar-refractivity contribution in [1.29, 1.82) is 0 Å². The fraction of sp³-hybridized carbons (Fsp3) is 0.478. The number of unbranched alkanes of at least 4 members (excludes halogenated alkanes) is 10. The summed E-state index contributed by atoms with van der Waals surface area (Å²) in [5.74, 6) is 2.20. The third-order valence-corrected chi connectivity index (χ3v) is 22.6. The molecular weight excluding hydrogens is 1020 g/mol. The van der Waals surface area contributed by atoms with Gasteiger partial charge in [-0.3, -0.25) is 28.3 Å². The number of H-pyrrole nitrogens is 2. The Morgan fingerprint density at radius 3 is 1.31 bits per heavy atom. The van der Waals surface area contributed by atoms with E-state index in [2.05, 4.69) is 81.7 Å². The molecule has 8 rings (SSSR count). The average Bonchev–Trinajstić information content (AvgIpc) is 3.87. The Balaban J connectivity index is 1.37. The van der Waals surface area contributed by atoms with E-state index in [-0.39, 0.29) is 13.1 Å². The van der Waals surface area contributed by atoms with Crippen LogP contribution in [0, 0.1) is 0 Å². The zero-order valence-corrected chi connectivity index (χ0v) is 43.7. The average molecular weight is 1080 g/mol. The molecule has 0 spiro atoms. The molecule has 0 radical (unpaired) electrons. The van der Waals surface area contributed by atoms with E-state index in [1.807, 2.05) is 47.0 Å². The normalized spacial score (nSPS) is 13.7. The van der Waals surface area contributed by atoms with Crippen molar-refractivity contribution < 1.29 is 0 Å². The van der Waals surface area contributed by atoms with Crippen LogP contribution in [0.3, 0.4) is 0 Å². The van der Waals surface area contributed by atoms with Crippen molar-refractivity contribution in [2.24, 2.45) is 0 Å². The number of benzene rings is 3. The Labute approximate surface area is 402 Å². The van der Waals surface area contributed by atoms with Crippen molar-refractivity contribution in [1.82, 2.24) is 19.1 Å². The Morgan fingerprint density at radius 2 is 0.903 bits per heavy atom. The Morgan fingerprint density at radius 1 is 0.516 bits per heavy atom. The first-order valence-electron chi connectivity index (χ1n) is 22.1. The van der Waals surface area contributed by atoms with Gasteiger partial charge in [-0.1, -0.05) is 115 Å². The molecule has 0 saturated carbocycles. The van der Waals surface area contributed by atoms with Crippen molar-refractivity contribution in [3.05, 3.63) is 74.8 Å². The van der Waals surface area contributed by atoms with Crippen molar-refractivity contribution in [2.75, 3.05) is 11.5 Å². The highest BCUT2D eigenvalue weighted by atomic mass is 79.9. The van der Waals surface area contributed by atoms with Gasteiger partial charge in [-0.05, 0) is 81.2 Å². The third-order valence-electron chi connectivity index (χ3n) is 11.5. The van der Waals surface area contributed by atoms with Crippen LogP contribution in [-0.4, -0.2) is 30.6 Å². The van der Waals surface area contributed by atoms with E-state index in [0.717, 1.165) is 109 Å². The molecule has 330 valence electrons. The maximum Gasteiger partial charge on any atom is 0.263 e. The fourth-order valence-electron chi connectivity index (χ4n) is 8.42. The van der Waals surface area contributed by atoms with Gasteiger partial charge in [-0.15, -0.1) is 46.2 Å². The van der Waals surface area contributed by atoms with Crippen molar-refractivity contribution in [3.8, 4) is 0 Å². The lowest BCUT2D eigenvalue weighted by Gasteiger charge is -2.19. The standard InChI is InChI=1S/C46H52Br2N4O4S6/c1-5-9-11-13-15-17-19-51-39(53)31-29-30-32(36(48)35(31)47)40(54)52(20-18-16-14-12-10-6-2)42(56)34(30)38-37(33(29)41(51)55)49-25-23-27-28(24-26(25)50-38)60-45(59-27)46-61-43(57-21-7-3)44(62-46)58-22-8-4/h23-24,49-50H,5-22H2,1-4H3. The summed E-state index contributed by atoms with van der Waals surface area (Å²) < 4.78 is 11.2. The van der Waals surface area contributed by atoms with E-state index in [1.165, 1.54) is 25.7 Å². The summed E-state index contributed by atoms with van der Waals surface area (Å²) in [7, 11) is 0. The molecular formula is C46H52Br2N4O4S6. The summed E-state index contributed by atoms with van der Waals surface area (Å²) >= 11 is 18.7. The van der Waals surface area contributed by atoms with Crippen LogP contribution in [0.1, 0.15) is 118 Å². The first-order valence-corrected chi connectivity index (χ1v) is 28.9. The van der Waals surface area contributed by atoms with E-state index in [4.69, 9.17) is 0 Å². The number of hydrogen-bond acceptors (Lipinski definition) is 10. The minimum Gasteiger partial charge on any atom is -0.351 e. The van der Waals surface area contributed by atoms with E-state index < -0.39 is 22.2 Å². The summed E-state index contributed by atoms with van der Waals surface area (Å²) in [4.78, 5) is 66.3. The van der Waals surface area contributed by atoms with E-state index in [9.17, 15) is 19.2 Å². The fourth-order valence-corrected chi connectivity index (χ4v) is 18.1. The number of aromatic nitrogens is 4. The number of thioether (sulfide) groups is 4. The van der Waals surface area contributed by atoms with Crippen LogP contribution in [0.2, 0.25) is 0 Å². The van der Waals surface area contributed by atoms with Gasteiger partial charge in [0.25, 0.3) is 22.2 Å². The molecule has 16 heteroatoms. The number of pyridine rings is 2. The van der Waals surface area contributed by atoms with Gasteiger partial charge < -0.3 is 9.97 Å². The van der Waals surface area contributed by atoms with Crippen molar-refractivity contribution >= 4 is 170 Å². The zero-order valence-electron chi connectivity index (χ0n) is 35.6. The topological polar surface area (TPSA) is 110 Å². The maximum absolute atomic E-state index is 14.9. The molecule has 2 N–H and O–H groups in total. The number of nitrogens with one attached hydrogen (secondary N) is 2. The van der Waals surface area contributed by atoms with E-state index in [0.29, 0.717) is 65.1 Å². The summed E-state index contributed by atoms with van der Waals surface area (Å²) in [6, 6.07) is 4.27. The molecule has 0 bridgehead atoms. The molecule has 1 aliphatic rings. The Hall–Kier alpha value is -1.92. The first kappa shape index (κ1) is 46.6. The number of fused-ring (bicyclic) bond motifs is 5. The van der Waals surface area contributed by atoms with E-state index in [1.54, 1.807) is 22.7 Å². The van der Waals surface area contributed by atoms with Gasteiger partial charge >= 0.3 is 0 Å². The van der Waals surface area contributed by atoms with Gasteiger partial charge in [0.05, 0.1) is 56.3 Å². The summed E-state index contributed by atoms with van der Waals surface area (Å²) in [6.07, 6.45) is 14.4. The maximum atomic E-state index is 14.9. The summed E-state index contributed by atoms with van der Waals surface area (Å²) in [5.41, 5.74) is 0.826. The van der Waals surface area contributed by atoms with Crippen molar-refractivity contribution in [3.63, 3.8) is 0 Å². The highest BCUT2D eigenvalue weighted by molar-refractivity contribution is 9.13. The quantitative estimate of drug-likeness (QED) is 0.0441. The SMILES string of the molecule is CCCCCCCCn1c(=O)c2c(Br)c(Br)c3c(=O)n(CCCCCCCC)c(=O)c4c5[nH]c6cc7sc(=C8SC(SCCC)=C(SCCC)S8)sc7cc6[nH]c5c(c1=O)c2c34. The van der Waals surface area contributed by atoms with Crippen LogP contribution in [0.15, 0.2) is 48.7 Å². The molecule has 0 saturated heterocycles. The van der Waals surface area contributed by atoms with Crippen LogP contribution in [0.5, 0.6) is 0 Å². The molecule has 0 atom stereocenters. The molecule has 4 aromatic heterocycles. The number of nitrogens with zero attached hydrogens (tertiary/aromatic N) is 2. The van der Waals surface area contributed by atoms with Crippen LogP contribution in [-0.2, 0) is 13.1 Å². The second kappa shape index (κ2) is 20.7. The highest BCUT2D eigenvalue weighted by Gasteiger charge is 2.30. The third kappa shape index (κ3) is 8.87. The molecule has 0 amide bonds. The van der Waals surface area contributed by atoms with Gasteiger partial charge in [0.1, 0.15) is 3.85 Å². The zero-order chi connectivity index (χ0) is 43.7. The molecule has 0 aliphatic carbocycles. The molecule has 5 heterocycles. The predicted molar refractivity (Wildman–Crippen MR) is 285 cm³/mol. The molecule has 3 aromatic carbocycles. The molecule has 0 fully saturated rings. The van der Waals surface area contributed by atoms with Crippen LogP contribution in [0.4, 0.5) is 0 Å². The molecule has 1 aliphatic heterocycles. The molecule has 8 nitrogen and oxygen atoms in total. The smallest absolute Gasteiger partial charge is 0.263 e. The van der Waals surface area contributed by atoms with Gasteiger partial charge in [-0.2, -0.15) is 0 Å².